The number of nitrogens with two attached hydrogens (primary N) is 1. The van der Waals surface area contributed by atoms with Gasteiger partial charge in [0, 0.05) is 24.8 Å². The Kier molecular flexibility index (Phi) is 41.1. The van der Waals surface area contributed by atoms with Crippen LogP contribution >= 0.6 is 21.6 Å². The van der Waals surface area contributed by atoms with Crippen LogP contribution in [0.4, 0.5) is 0 Å². The third-order valence-electron chi connectivity index (χ3n) is 7.90. The lowest BCUT2D eigenvalue weighted by atomic mass is 10.1. The SMILES string of the molecule is CCCCC/C=C\C/C=C\CCCCCCCCOCC(CSSCN)OCCCCCCCC/C=C\C/C=C\CCCCC. The van der Waals surface area contributed by atoms with Gasteiger partial charge in [0.15, 0.2) is 0 Å². The van der Waals surface area contributed by atoms with E-state index in [1.165, 1.54) is 128 Å². The summed E-state index contributed by atoms with van der Waals surface area (Å²) >= 11 is 0. The molecule has 2 N–H and O–H groups in total. The van der Waals surface area contributed by atoms with Gasteiger partial charge in [0.05, 0.1) is 12.7 Å². The minimum Gasteiger partial charge on any atom is -0.379 e. The van der Waals surface area contributed by atoms with E-state index in [9.17, 15) is 0 Å². The van der Waals surface area contributed by atoms with Gasteiger partial charge in [-0.1, -0.05) is 161 Å². The van der Waals surface area contributed by atoms with Crippen LogP contribution in [-0.2, 0) is 9.47 Å². The third-order valence-corrected chi connectivity index (χ3v) is 10.0. The molecule has 0 aliphatic heterocycles. The fourth-order valence-corrected chi connectivity index (χ4v) is 6.63. The molecule has 45 heavy (non-hydrogen) atoms. The minimum atomic E-state index is 0.177. The second kappa shape index (κ2) is 41.6. The van der Waals surface area contributed by atoms with Crippen molar-refractivity contribution in [2.75, 3.05) is 31.5 Å². The summed E-state index contributed by atoms with van der Waals surface area (Å²) < 4.78 is 12.2. The lowest BCUT2D eigenvalue weighted by molar-refractivity contribution is -0.00609. The standard InChI is InChI=1S/C40H75NO2S2/c1-3-5-7-9-11-13-15-17-19-21-23-25-27-29-31-33-35-42-37-40(38-44-45-39-41)43-36-34-32-30-28-26-24-22-20-18-16-14-12-10-8-6-4-2/h11-14,17-20,40H,3-10,15-16,21-39,41H2,1-2H3/b13-11-,14-12-,19-17-,20-18-. The Morgan fingerprint density at radius 2 is 0.911 bits per heavy atom. The molecule has 0 radical (unpaired) electrons. The summed E-state index contributed by atoms with van der Waals surface area (Å²) in [5.74, 6) is 1.60. The monoisotopic (exact) mass is 666 g/mol. The molecule has 0 aliphatic rings. The van der Waals surface area contributed by atoms with Crippen LogP contribution in [-0.4, -0.2) is 37.6 Å². The van der Waals surface area contributed by atoms with E-state index in [-0.39, 0.29) is 6.10 Å². The van der Waals surface area contributed by atoms with Crippen LogP contribution in [0.5, 0.6) is 0 Å². The second-order valence-electron chi connectivity index (χ2n) is 12.3. The Morgan fingerprint density at radius 3 is 1.38 bits per heavy atom. The Morgan fingerprint density at radius 1 is 0.489 bits per heavy atom. The molecule has 0 saturated heterocycles. The van der Waals surface area contributed by atoms with Crippen LogP contribution in [0, 0.1) is 0 Å². The maximum atomic E-state index is 6.22. The van der Waals surface area contributed by atoms with Crippen molar-refractivity contribution in [1.29, 1.82) is 0 Å². The molecule has 3 nitrogen and oxygen atoms in total. The van der Waals surface area contributed by atoms with Gasteiger partial charge in [-0.2, -0.15) is 0 Å². The number of hydrogen-bond donors (Lipinski definition) is 1. The van der Waals surface area contributed by atoms with Gasteiger partial charge >= 0.3 is 0 Å². The first-order chi connectivity index (χ1) is 22.3. The van der Waals surface area contributed by atoms with Crippen molar-refractivity contribution in [3.05, 3.63) is 48.6 Å². The molecule has 0 bridgehead atoms. The molecule has 1 atom stereocenters. The van der Waals surface area contributed by atoms with Crippen LogP contribution in [0.1, 0.15) is 168 Å². The first kappa shape index (κ1) is 44.5. The first-order valence-electron chi connectivity index (χ1n) is 19.1. The fourth-order valence-electron chi connectivity index (χ4n) is 5.06. The van der Waals surface area contributed by atoms with Crippen molar-refractivity contribution in [3.8, 4) is 0 Å². The molecule has 0 fully saturated rings. The van der Waals surface area contributed by atoms with Crippen molar-refractivity contribution in [3.63, 3.8) is 0 Å². The summed E-state index contributed by atoms with van der Waals surface area (Å²) in [5.41, 5.74) is 5.67. The number of hydrogen-bond acceptors (Lipinski definition) is 5. The van der Waals surface area contributed by atoms with Crippen molar-refractivity contribution in [1.82, 2.24) is 0 Å². The van der Waals surface area contributed by atoms with E-state index in [1.807, 2.05) is 10.8 Å². The average molecular weight is 666 g/mol. The van der Waals surface area contributed by atoms with Gasteiger partial charge in [-0.25, -0.2) is 0 Å². The highest BCUT2D eigenvalue weighted by atomic mass is 33.1. The first-order valence-corrected chi connectivity index (χ1v) is 21.6. The zero-order valence-corrected chi connectivity index (χ0v) is 31.5. The summed E-state index contributed by atoms with van der Waals surface area (Å²) in [7, 11) is 3.52. The number of allylic oxidation sites excluding steroid dienone is 8. The highest BCUT2D eigenvalue weighted by molar-refractivity contribution is 8.76. The average Bonchev–Trinajstić information content (AvgIpc) is 3.05. The number of unbranched alkanes of at least 4 members (excludes halogenated alkanes) is 18. The van der Waals surface area contributed by atoms with Crippen molar-refractivity contribution < 1.29 is 9.47 Å². The summed E-state index contributed by atoms with van der Waals surface area (Å²) in [5, 5.41) is 0. The van der Waals surface area contributed by atoms with Crippen LogP contribution in [0.25, 0.3) is 0 Å². The normalized spacial score (nSPS) is 13.0. The molecular formula is C40H75NO2S2. The maximum absolute atomic E-state index is 6.22. The van der Waals surface area contributed by atoms with Crippen LogP contribution in [0.2, 0.25) is 0 Å². The summed E-state index contributed by atoms with van der Waals surface area (Å²) in [4.78, 5) is 0. The van der Waals surface area contributed by atoms with Crippen LogP contribution in [0.15, 0.2) is 48.6 Å². The largest absolute Gasteiger partial charge is 0.379 e. The van der Waals surface area contributed by atoms with Gasteiger partial charge in [0.25, 0.3) is 0 Å². The molecule has 0 amide bonds. The van der Waals surface area contributed by atoms with E-state index in [2.05, 4.69) is 62.5 Å². The summed E-state index contributed by atoms with van der Waals surface area (Å²) in [6.07, 6.45) is 49.5. The lowest BCUT2D eigenvalue weighted by Crippen LogP contribution is -2.23. The molecule has 264 valence electrons. The molecule has 0 spiro atoms. The van der Waals surface area contributed by atoms with E-state index in [0.29, 0.717) is 12.5 Å². The predicted octanol–water partition coefficient (Wildman–Crippen LogP) is 13.3. The zero-order chi connectivity index (χ0) is 32.6. The number of ether oxygens (including phenoxy) is 2. The van der Waals surface area contributed by atoms with E-state index >= 15 is 0 Å². The Hall–Kier alpha value is -0.460. The quantitative estimate of drug-likeness (QED) is 0.0310. The van der Waals surface area contributed by atoms with E-state index in [0.717, 1.165) is 44.6 Å². The third kappa shape index (κ3) is 39.6. The molecule has 0 aromatic rings. The minimum absolute atomic E-state index is 0.177. The number of rotatable bonds is 37. The Labute approximate surface area is 289 Å². The lowest BCUT2D eigenvalue weighted by Gasteiger charge is -2.17. The van der Waals surface area contributed by atoms with E-state index in [4.69, 9.17) is 15.2 Å². The molecule has 5 heteroatoms. The van der Waals surface area contributed by atoms with Crippen LogP contribution < -0.4 is 5.73 Å². The highest BCUT2D eigenvalue weighted by Gasteiger charge is 2.10. The topological polar surface area (TPSA) is 44.5 Å². The zero-order valence-electron chi connectivity index (χ0n) is 29.9. The van der Waals surface area contributed by atoms with Crippen molar-refractivity contribution in [2.24, 2.45) is 5.73 Å². The molecule has 1 unspecified atom stereocenters. The molecular weight excluding hydrogens is 591 g/mol. The molecule has 0 saturated carbocycles. The predicted molar refractivity (Wildman–Crippen MR) is 208 cm³/mol. The van der Waals surface area contributed by atoms with Gasteiger partial charge in [0.1, 0.15) is 0 Å². The Bertz CT molecular complexity index is 665. The van der Waals surface area contributed by atoms with Gasteiger partial charge in [0.2, 0.25) is 0 Å². The smallest absolute Gasteiger partial charge is 0.0906 e. The summed E-state index contributed by atoms with van der Waals surface area (Å²) in [6, 6.07) is 0. The van der Waals surface area contributed by atoms with E-state index in [1.54, 1.807) is 10.8 Å². The molecule has 0 aromatic heterocycles. The molecule has 0 aromatic carbocycles. The molecule has 0 heterocycles. The fraction of sp³-hybridized carbons (Fsp3) is 0.800. The van der Waals surface area contributed by atoms with Gasteiger partial charge < -0.3 is 15.2 Å². The van der Waals surface area contributed by atoms with E-state index < -0.39 is 0 Å². The highest BCUT2D eigenvalue weighted by Crippen LogP contribution is 2.21. The second-order valence-corrected chi connectivity index (χ2v) is 14.9. The van der Waals surface area contributed by atoms with Gasteiger partial charge in [-0.05, 0) is 77.0 Å². The molecule has 0 aliphatic carbocycles. The van der Waals surface area contributed by atoms with Crippen molar-refractivity contribution in [2.45, 2.75) is 174 Å². The van der Waals surface area contributed by atoms with Crippen molar-refractivity contribution >= 4 is 21.6 Å². The Balaban J connectivity index is 3.64. The summed E-state index contributed by atoms with van der Waals surface area (Å²) in [6.45, 7) is 6.94. The van der Waals surface area contributed by atoms with Gasteiger partial charge in [-0.15, -0.1) is 0 Å². The molecule has 0 rings (SSSR count). The van der Waals surface area contributed by atoms with Gasteiger partial charge in [-0.3, -0.25) is 0 Å². The van der Waals surface area contributed by atoms with Crippen LogP contribution in [0.3, 0.4) is 0 Å². The maximum Gasteiger partial charge on any atom is 0.0906 e.